The zero-order valence-corrected chi connectivity index (χ0v) is 11.1. The summed E-state index contributed by atoms with van der Waals surface area (Å²) in [5, 5.41) is 6.55. The molecule has 0 aromatic rings. The fourth-order valence-corrected chi connectivity index (χ4v) is 2.08. The quantitative estimate of drug-likeness (QED) is 0.407. The molecule has 2 rings (SSSR count). The van der Waals surface area contributed by atoms with Crippen molar-refractivity contribution < 1.29 is 9.31 Å². The Morgan fingerprint density at radius 1 is 1.06 bits per heavy atom. The minimum absolute atomic E-state index is 0.00123. The molecule has 92 valence electrons. The summed E-state index contributed by atoms with van der Waals surface area (Å²) in [5.74, 6) is 0.163. The van der Waals surface area contributed by atoms with Crippen molar-refractivity contribution in [2.75, 3.05) is 13.1 Å². The zero-order valence-electron chi connectivity index (χ0n) is 10.3. The summed E-state index contributed by atoms with van der Waals surface area (Å²) in [5.41, 5.74) is -0.535. The number of piperazine rings is 1. The molecule has 0 aromatic carbocycles. The highest BCUT2D eigenvalue weighted by Crippen LogP contribution is 2.37. The Bertz CT molecular complexity index is 252. The number of rotatable bonds is 1. The maximum absolute atomic E-state index is 5.97. The van der Waals surface area contributed by atoms with E-state index in [9.17, 15) is 0 Å². The molecule has 0 aliphatic carbocycles. The van der Waals surface area contributed by atoms with E-state index >= 15 is 0 Å². The lowest BCUT2D eigenvalue weighted by atomic mass is 9.77. The van der Waals surface area contributed by atoms with Crippen LogP contribution in [-0.4, -0.2) is 42.9 Å². The van der Waals surface area contributed by atoms with Gasteiger partial charge >= 0.3 is 7.12 Å². The topological polar surface area (TPSA) is 42.5 Å². The standard InChI is InChI=1S/C10H20BClN2O2/c1-9(2)10(3,4)16-11(15-9)7-5-14-8(12)6-13-7/h7-8,13-14H,5-6H2,1-4H3. The van der Waals surface area contributed by atoms with Gasteiger partial charge in [0, 0.05) is 13.1 Å². The van der Waals surface area contributed by atoms with Crippen LogP contribution in [-0.2, 0) is 9.31 Å². The largest absolute Gasteiger partial charge is 0.477 e. The van der Waals surface area contributed by atoms with Crippen molar-refractivity contribution in [1.29, 1.82) is 0 Å². The summed E-state index contributed by atoms with van der Waals surface area (Å²) in [6.07, 6.45) is 0. The zero-order chi connectivity index (χ0) is 12.0. The maximum Gasteiger partial charge on any atom is 0.477 e. The third-order valence-electron chi connectivity index (χ3n) is 3.72. The molecule has 6 heteroatoms. The second kappa shape index (κ2) is 4.14. The van der Waals surface area contributed by atoms with Gasteiger partial charge in [0.1, 0.15) is 0 Å². The van der Waals surface area contributed by atoms with Gasteiger partial charge in [-0.3, -0.25) is 5.32 Å². The summed E-state index contributed by atoms with van der Waals surface area (Å²) in [4.78, 5) is 0. The van der Waals surface area contributed by atoms with Gasteiger partial charge in [0.2, 0.25) is 0 Å². The first-order chi connectivity index (χ1) is 7.32. The van der Waals surface area contributed by atoms with Crippen LogP contribution in [0.5, 0.6) is 0 Å². The lowest BCUT2D eigenvalue weighted by Crippen LogP contribution is -2.59. The van der Waals surface area contributed by atoms with Gasteiger partial charge in [-0.1, -0.05) is 0 Å². The Morgan fingerprint density at radius 2 is 1.62 bits per heavy atom. The fourth-order valence-electron chi connectivity index (χ4n) is 1.90. The van der Waals surface area contributed by atoms with Gasteiger partial charge in [-0.25, -0.2) is 0 Å². The first-order valence-electron chi connectivity index (χ1n) is 5.78. The van der Waals surface area contributed by atoms with Gasteiger partial charge in [-0.15, -0.1) is 11.6 Å². The Labute approximate surface area is 103 Å². The van der Waals surface area contributed by atoms with Crippen molar-refractivity contribution in [2.45, 2.75) is 50.3 Å². The number of halogens is 1. The molecule has 0 radical (unpaired) electrons. The second-order valence-electron chi connectivity index (χ2n) is 5.52. The van der Waals surface area contributed by atoms with Crippen LogP contribution in [0.1, 0.15) is 27.7 Å². The van der Waals surface area contributed by atoms with Gasteiger partial charge in [0.15, 0.2) is 0 Å². The van der Waals surface area contributed by atoms with Crippen LogP contribution in [0.3, 0.4) is 0 Å². The van der Waals surface area contributed by atoms with E-state index in [0.29, 0.717) is 0 Å². The molecule has 2 unspecified atom stereocenters. The highest BCUT2D eigenvalue weighted by Gasteiger charge is 2.54. The molecule has 4 nitrogen and oxygen atoms in total. The van der Waals surface area contributed by atoms with Crippen molar-refractivity contribution >= 4 is 18.7 Å². The van der Waals surface area contributed by atoms with Gasteiger partial charge in [0.25, 0.3) is 0 Å². The molecule has 2 aliphatic heterocycles. The maximum atomic E-state index is 5.97. The van der Waals surface area contributed by atoms with Crippen molar-refractivity contribution in [3.63, 3.8) is 0 Å². The van der Waals surface area contributed by atoms with E-state index < -0.39 is 0 Å². The lowest BCUT2D eigenvalue weighted by Gasteiger charge is -2.32. The molecular weight excluding hydrogens is 226 g/mol. The first kappa shape index (κ1) is 12.6. The number of alkyl halides is 1. The SMILES string of the molecule is CC1(C)OB(C2CNC(Cl)CN2)OC1(C)C. The molecule has 2 aliphatic rings. The molecule has 2 fully saturated rings. The van der Waals surface area contributed by atoms with Crippen LogP contribution in [0.4, 0.5) is 0 Å². The third kappa shape index (κ3) is 2.24. The van der Waals surface area contributed by atoms with Crippen LogP contribution >= 0.6 is 11.6 Å². The summed E-state index contributed by atoms with van der Waals surface area (Å²) >= 11 is 5.95. The van der Waals surface area contributed by atoms with Gasteiger partial charge < -0.3 is 14.6 Å². The smallest absolute Gasteiger partial charge is 0.402 e. The molecule has 2 saturated heterocycles. The molecule has 0 saturated carbocycles. The van der Waals surface area contributed by atoms with E-state index in [-0.39, 0.29) is 29.8 Å². The van der Waals surface area contributed by atoms with Gasteiger partial charge in [-0.05, 0) is 27.7 Å². The molecule has 0 amide bonds. The summed E-state index contributed by atoms with van der Waals surface area (Å²) in [6, 6.07) is 0. The van der Waals surface area contributed by atoms with Crippen molar-refractivity contribution in [3.8, 4) is 0 Å². The summed E-state index contributed by atoms with van der Waals surface area (Å²) in [6.45, 7) is 9.75. The van der Waals surface area contributed by atoms with Crippen LogP contribution in [0.15, 0.2) is 0 Å². The van der Waals surface area contributed by atoms with Crippen LogP contribution in [0.25, 0.3) is 0 Å². The Hall–Kier alpha value is 0.195. The molecule has 0 bridgehead atoms. The van der Waals surface area contributed by atoms with Crippen molar-refractivity contribution in [2.24, 2.45) is 0 Å². The van der Waals surface area contributed by atoms with Crippen molar-refractivity contribution in [3.05, 3.63) is 0 Å². The van der Waals surface area contributed by atoms with E-state index in [1.807, 2.05) is 0 Å². The minimum atomic E-state index is -0.267. The fraction of sp³-hybridized carbons (Fsp3) is 1.00. The molecule has 0 aromatic heterocycles. The number of hydrogen-bond acceptors (Lipinski definition) is 4. The van der Waals surface area contributed by atoms with Crippen LogP contribution in [0.2, 0.25) is 0 Å². The number of hydrogen-bond donors (Lipinski definition) is 2. The predicted molar refractivity (Wildman–Crippen MR) is 65.5 cm³/mol. The predicted octanol–water partition coefficient (Wildman–Crippen LogP) is 0.744. The second-order valence-corrected chi connectivity index (χ2v) is 6.04. The Morgan fingerprint density at radius 3 is 2.06 bits per heavy atom. The van der Waals surface area contributed by atoms with E-state index in [1.54, 1.807) is 0 Å². The van der Waals surface area contributed by atoms with E-state index in [1.165, 1.54) is 0 Å². The van der Waals surface area contributed by atoms with Crippen LogP contribution < -0.4 is 10.6 Å². The highest BCUT2D eigenvalue weighted by atomic mass is 35.5. The average Bonchev–Trinajstić information content (AvgIpc) is 2.37. The molecular formula is C10H20BClN2O2. The van der Waals surface area contributed by atoms with Crippen LogP contribution in [0, 0.1) is 0 Å². The normalized spacial score (nSPS) is 37.7. The molecule has 2 atom stereocenters. The van der Waals surface area contributed by atoms with Gasteiger partial charge in [-0.2, -0.15) is 0 Å². The number of nitrogens with one attached hydrogen (secondary N) is 2. The lowest BCUT2D eigenvalue weighted by molar-refractivity contribution is 0.00578. The highest BCUT2D eigenvalue weighted by molar-refractivity contribution is 6.47. The summed E-state index contributed by atoms with van der Waals surface area (Å²) < 4.78 is 11.9. The van der Waals surface area contributed by atoms with E-state index in [2.05, 4.69) is 38.3 Å². The third-order valence-corrected chi connectivity index (χ3v) is 4.03. The minimum Gasteiger partial charge on any atom is -0.402 e. The summed E-state index contributed by atoms with van der Waals surface area (Å²) in [7, 11) is -0.207. The first-order valence-corrected chi connectivity index (χ1v) is 6.22. The monoisotopic (exact) mass is 246 g/mol. The molecule has 2 N–H and O–H groups in total. The van der Waals surface area contributed by atoms with E-state index in [0.717, 1.165) is 13.1 Å². The Kier molecular flexibility index (Phi) is 3.27. The van der Waals surface area contributed by atoms with Gasteiger partial charge in [0.05, 0.1) is 22.6 Å². The Balaban J connectivity index is 1.98. The van der Waals surface area contributed by atoms with E-state index in [4.69, 9.17) is 20.9 Å². The molecule has 0 spiro atoms. The van der Waals surface area contributed by atoms with Crippen molar-refractivity contribution in [1.82, 2.24) is 10.6 Å². The molecule has 2 heterocycles. The average molecular weight is 247 g/mol. The molecule has 16 heavy (non-hydrogen) atoms.